The quantitative estimate of drug-likeness (QED) is 0.732. The van der Waals surface area contributed by atoms with E-state index in [1.54, 1.807) is 0 Å². The molecule has 1 aliphatic heterocycles. The van der Waals surface area contributed by atoms with E-state index in [0.29, 0.717) is 12.5 Å². The summed E-state index contributed by atoms with van der Waals surface area (Å²) in [6.07, 6.45) is 2.82. The summed E-state index contributed by atoms with van der Waals surface area (Å²) >= 11 is 0. The molecule has 3 nitrogen and oxygen atoms in total. The Morgan fingerprint density at radius 3 is 2.46 bits per heavy atom. The van der Waals surface area contributed by atoms with Gasteiger partial charge < -0.3 is 10.2 Å². The number of hydrogen-bond donors (Lipinski definition) is 1. The topological polar surface area (TPSA) is 32.3 Å². The van der Waals surface area contributed by atoms with E-state index in [4.69, 9.17) is 0 Å². The maximum absolute atomic E-state index is 11.3. The summed E-state index contributed by atoms with van der Waals surface area (Å²) in [5.41, 5.74) is 0. The van der Waals surface area contributed by atoms with Gasteiger partial charge in [-0.25, -0.2) is 0 Å². The van der Waals surface area contributed by atoms with Gasteiger partial charge in [0.05, 0.1) is 0 Å². The normalized spacial score (nSPS) is 17.7. The van der Waals surface area contributed by atoms with Crippen molar-refractivity contribution in [2.75, 3.05) is 20.1 Å². The van der Waals surface area contributed by atoms with Crippen LogP contribution in [0.1, 0.15) is 26.2 Å². The molecule has 0 aromatic carbocycles. The highest BCUT2D eigenvalue weighted by Crippen LogP contribution is 2.10. The second-order valence-corrected chi connectivity index (χ2v) is 3.34. The van der Waals surface area contributed by atoms with Gasteiger partial charge in [-0.3, -0.25) is 4.79 Å². The summed E-state index contributed by atoms with van der Waals surface area (Å²) in [5.74, 6) is 0.266. The molecule has 1 fully saturated rings. The molecule has 4 heteroatoms. The van der Waals surface area contributed by atoms with Crippen LogP contribution in [-0.2, 0) is 4.79 Å². The van der Waals surface area contributed by atoms with E-state index in [0.717, 1.165) is 25.9 Å². The van der Waals surface area contributed by atoms with E-state index >= 15 is 0 Å². The van der Waals surface area contributed by atoms with Gasteiger partial charge in [0.25, 0.3) is 0 Å². The molecule has 0 aromatic heterocycles. The lowest BCUT2D eigenvalue weighted by molar-refractivity contribution is -0.132. The van der Waals surface area contributed by atoms with Crippen molar-refractivity contribution in [1.29, 1.82) is 0 Å². The molecule has 0 aliphatic carbocycles. The number of nitrogens with zero attached hydrogens (tertiary/aromatic N) is 1. The third-order valence-corrected chi connectivity index (χ3v) is 2.55. The minimum Gasteiger partial charge on any atom is -0.343 e. The van der Waals surface area contributed by atoms with Crippen LogP contribution in [0.2, 0.25) is 0 Å². The van der Waals surface area contributed by atoms with E-state index in [1.807, 2.05) is 18.9 Å². The molecular formula is C9H19ClN2O. The first-order valence-electron chi connectivity index (χ1n) is 4.72. The number of nitrogens with one attached hydrogen (secondary N) is 1. The zero-order valence-electron chi connectivity index (χ0n) is 8.38. The van der Waals surface area contributed by atoms with Gasteiger partial charge in [-0.1, -0.05) is 6.92 Å². The number of amides is 1. The molecule has 1 amide bonds. The van der Waals surface area contributed by atoms with E-state index in [1.165, 1.54) is 0 Å². The SMILES string of the molecule is CCC(=O)N(C)C1CCNCC1.Cl. The summed E-state index contributed by atoms with van der Waals surface area (Å²) in [4.78, 5) is 13.2. The van der Waals surface area contributed by atoms with Crippen LogP contribution in [0.4, 0.5) is 0 Å². The molecule has 1 N–H and O–H groups in total. The standard InChI is InChI=1S/C9H18N2O.ClH/c1-3-9(12)11(2)8-4-6-10-7-5-8;/h8,10H,3-7H2,1-2H3;1H. The molecule has 0 bridgehead atoms. The Bertz CT molecular complexity index is 158. The lowest BCUT2D eigenvalue weighted by Gasteiger charge is -2.31. The molecule has 0 radical (unpaired) electrons. The fourth-order valence-electron chi connectivity index (χ4n) is 1.65. The lowest BCUT2D eigenvalue weighted by Crippen LogP contribution is -2.43. The van der Waals surface area contributed by atoms with Crippen LogP contribution in [0.25, 0.3) is 0 Å². The molecule has 1 aliphatic rings. The van der Waals surface area contributed by atoms with Crippen molar-refractivity contribution in [1.82, 2.24) is 10.2 Å². The summed E-state index contributed by atoms with van der Waals surface area (Å²) < 4.78 is 0. The molecule has 0 saturated carbocycles. The smallest absolute Gasteiger partial charge is 0.222 e. The fraction of sp³-hybridized carbons (Fsp3) is 0.889. The number of carbonyl (C=O) groups is 1. The summed E-state index contributed by atoms with van der Waals surface area (Å²) in [5, 5.41) is 3.29. The Balaban J connectivity index is 0.00000144. The first-order chi connectivity index (χ1) is 5.75. The van der Waals surface area contributed by atoms with Crippen LogP contribution in [0.15, 0.2) is 0 Å². The van der Waals surface area contributed by atoms with E-state index < -0.39 is 0 Å². The second-order valence-electron chi connectivity index (χ2n) is 3.34. The van der Waals surface area contributed by atoms with Crippen LogP contribution >= 0.6 is 12.4 Å². The molecule has 0 spiro atoms. The van der Waals surface area contributed by atoms with Crippen molar-refractivity contribution in [3.63, 3.8) is 0 Å². The molecule has 1 heterocycles. The zero-order chi connectivity index (χ0) is 8.97. The first kappa shape index (κ1) is 12.7. The largest absolute Gasteiger partial charge is 0.343 e. The average Bonchev–Trinajstić information content (AvgIpc) is 2.17. The Hall–Kier alpha value is -0.280. The number of carbonyl (C=O) groups excluding carboxylic acids is 1. The Morgan fingerprint density at radius 1 is 1.46 bits per heavy atom. The lowest BCUT2D eigenvalue weighted by atomic mass is 10.1. The van der Waals surface area contributed by atoms with Gasteiger partial charge in [-0.2, -0.15) is 0 Å². The van der Waals surface area contributed by atoms with Crippen LogP contribution in [0.5, 0.6) is 0 Å². The van der Waals surface area contributed by atoms with Crippen LogP contribution in [0, 0.1) is 0 Å². The van der Waals surface area contributed by atoms with Crippen molar-refractivity contribution in [3.05, 3.63) is 0 Å². The molecule has 1 rings (SSSR count). The second kappa shape index (κ2) is 6.22. The molecular weight excluding hydrogens is 188 g/mol. The van der Waals surface area contributed by atoms with Crippen LogP contribution in [0.3, 0.4) is 0 Å². The van der Waals surface area contributed by atoms with E-state index in [-0.39, 0.29) is 18.3 Å². The summed E-state index contributed by atoms with van der Waals surface area (Å²) in [6.45, 7) is 4.01. The van der Waals surface area contributed by atoms with E-state index in [9.17, 15) is 4.79 Å². The van der Waals surface area contributed by atoms with Crippen LogP contribution < -0.4 is 5.32 Å². The fourth-order valence-corrected chi connectivity index (χ4v) is 1.65. The van der Waals surface area contributed by atoms with Gasteiger partial charge in [-0.15, -0.1) is 12.4 Å². The number of rotatable bonds is 2. The first-order valence-corrected chi connectivity index (χ1v) is 4.72. The molecule has 0 unspecified atom stereocenters. The number of hydrogen-bond acceptors (Lipinski definition) is 2. The third kappa shape index (κ3) is 3.53. The highest BCUT2D eigenvalue weighted by Gasteiger charge is 2.20. The number of halogens is 1. The van der Waals surface area contributed by atoms with Crippen LogP contribution in [-0.4, -0.2) is 37.0 Å². The van der Waals surface area contributed by atoms with Crippen molar-refractivity contribution < 1.29 is 4.79 Å². The van der Waals surface area contributed by atoms with Gasteiger partial charge in [0, 0.05) is 19.5 Å². The molecule has 13 heavy (non-hydrogen) atoms. The van der Waals surface area contributed by atoms with Gasteiger partial charge in [0.2, 0.25) is 5.91 Å². The monoisotopic (exact) mass is 206 g/mol. The van der Waals surface area contributed by atoms with Gasteiger partial charge in [0.1, 0.15) is 0 Å². The minimum absolute atomic E-state index is 0. The van der Waals surface area contributed by atoms with Crippen molar-refractivity contribution in [2.24, 2.45) is 0 Å². The maximum Gasteiger partial charge on any atom is 0.222 e. The van der Waals surface area contributed by atoms with Crippen molar-refractivity contribution in [2.45, 2.75) is 32.2 Å². The number of piperidine rings is 1. The summed E-state index contributed by atoms with van der Waals surface area (Å²) in [7, 11) is 1.92. The maximum atomic E-state index is 11.3. The average molecular weight is 207 g/mol. The van der Waals surface area contributed by atoms with Gasteiger partial charge >= 0.3 is 0 Å². The van der Waals surface area contributed by atoms with E-state index in [2.05, 4.69) is 5.32 Å². The third-order valence-electron chi connectivity index (χ3n) is 2.55. The van der Waals surface area contributed by atoms with Crippen molar-refractivity contribution >= 4 is 18.3 Å². The van der Waals surface area contributed by atoms with Gasteiger partial charge in [-0.05, 0) is 25.9 Å². The minimum atomic E-state index is 0. The van der Waals surface area contributed by atoms with Gasteiger partial charge in [0.15, 0.2) is 0 Å². The Labute approximate surface area is 86.3 Å². The zero-order valence-corrected chi connectivity index (χ0v) is 9.19. The molecule has 78 valence electrons. The Kier molecular flexibility index (Phi) is 6.08. The predicted molar refractivity (Wildman–Crippen MR) is 56.2 cm³/mol. The molecule has 1 saturated heterocycles. The highest BCUT2D eigenvalue weighted by molar-refractivity contribution is 5.85. The molecule has 0 aromatic rings. The van der Waals surface area contributed by atoms with Crippen molar-refractivity contribution in [3.8, 4) is 0 Å². The highest BCUT2D eigenvalue weighted by atomic mass is 35.5. The molecule has 0 atom stereocenters. The predicted octanol–water partition coefficient (Wildman–Crippen LogP) is 1.03. The Morgan fingerprint density at radius 2 is 2.00 bits per heavy atom. The summed E-state index contributed by atoms with van der Waals surface area (Å²) in [6, 6.07) is 0.471.